The van der Waals surface area contributed by atoms with Gasteiger partial charge in [0.25, 0.3) is 0 Å². The van der Waals surface area contributed by atoms with Crippen LogP contribution in [0.5, 0.6) is 0 Å². The van der Waals surface area contributed by atoms with E-state index in [1.54, 1.807) is 7.11 Å². The molecule has 1 aromatic rings. The van der Waals surface area contributed by atoms with Gasteiger partial charge in [0.15, 0.2) is 0 Å². The normalized spacial score (nSPS) is 12.2. The third kappa shape index (κ3) is 5.19. The molecule has 100 valence electrons. The number of halogens is 1. The molecular formula is C14H20BrNO2. The van der Waals surface area contributed by atoms with Crippen molar-refractivity contribution in [2.75, 3.05) is 19.0 Å². The third-order valence-electron chi connectivity index (χ3n) is 2.80. The van der Waals surface area contributed by atoms with Crippen LogP contribution in [0.2, 0.25) is 0 Å². The molecule has 1 amide bonds. The highest BCUT2D eigenvalue weighted by Gasteiger charge is 2.10. The molecular weight excluding hydrogens is 294 g/mol. The summed E-state index contributed by atoms with van der Waals surface area (Å²) in [5.74, 6) is 0.0692. The monoisotopic (exact) mass is 313 g/mol. The summed E-state index contributed by atoms with van der Waals surface area (Å²) in [6, 6.07) is 8.20. The predicted octanol–water partition coefficient (Wildman–Crippen LogP) is 2.45. The van der Waals surface area contributed by atoms with Gasteiger partial charge >= 0.3 is 0 Å². The van der Waals surface area contributed by atoms with Crippen LogP contribution in [-0.4, -0.2) is 31.0 Å². The molecule has 0 saturated carbocycles. The first-order valence-electron chi connectivity index (χ1n) is 6.06. The van der Waals surface area contributed by atoms with Crippen LogP contribution >= 0.6 is 15.9 Å². The van der Waals surface area contributed by atoms with Crippen molar-refractivity contribution in [1.82, 2.24) is 5.32 Å². The molecule has 1 N–H and O–H groups in total. The molecule has 0 fully saturated rings. The number of carbonyl (C=O) groups is 1. The summed E-state index contributed by atoms with van der Waals surface area (Å²) in [7, 11) is 1.63. The van der Waals surface area contributed by atoms with Gasteiger partial charge in [-0.15, -0.1) is 0 Å². The Morgan fingerprint density at radius 3 is 2.78 bits per heavy atom. The average Bonchev–Trinajstić information content (AvgIpc) is 2.37. The Morgan fingerprint density at radius 2 is 2.17 bits per heavy atom. The molecule has 0 aliphatic rings. The maximum atomic E-state index is 11.8. The fourth-order valence-corrected chi connectivity index (χ4v) is 2.11. The highest BCUT2D eigenvalue weighted by molar-refractivity contribution is 9.09. The molecule has 1 unspecified atom stereocenters. The van der Waals surface area contributed by atoms with Gasteiger partial charge in [0.2, 0.25) is 5.91 Å². The minimum absolute atomic E-state index is 0.0411. The second-order valence-electron chi connectivity index (χ2n) is 4.30. The van der Waals surface area contributed by atoms with Crippen LogP contribution in [0.4, 0.5) is 0 Å². The third-order valence-corrected chi connectivity index (χ3v) is 3.58. The van der Waals surface area contributed by atoms with Gasteiger partial charge in [-0.2, -0.15) is 0 Å². The van der Waals surface area contributed by atoms with E-state index in [0.29, 0.717) is 18.4 Å². The fraction of sp³-hybridized carbons (Fsp3) is 0.500. The quantitative estimate of drug-likeness (QED) is 0.785. The second kappa shape index (κ2) is 8.27. The number of carbonyl (C=O) groups excluding carboxylic acids is 1. The number of hydrogen-bond donors (Lipinski definition) is 1. The van der Waals surface area contributed by atoms with Crippen molar-refractivity contribution in [3.8, 4) is 0 Å². The van der Waals surface area contributed by atoms with Crippen LogP contribution in [0.15, 0.2) is 24.3 Å². The number of rotatable bonds is 7. The van der Waals surface area contributed by atoms with Gasteiger partial charge in [-0.3, -0.25) is 4.79 Å². The number of aryl methyl sites for hydroxylation is 2. The highest BCUT2D eigenvalue weighted by atomic mass is 79.9. The van der Waals surface area contributed by atoms with E-state index in [1.807, 2.05) is 12.1 Å². The summed E-state index contributed by atoms with van der Waals surface area (Å²) in [6.45, 7) is 2.60. The lowest BCUT2D eigenvalue weighted by molar-refractivity contribution is -0.121. The minimum Gasteiger partial charge on any atom is -0.383 e. The first kappa shape index (κ1) is 15.2. The minimum atomic E-state index is 0.0411. The number of nitrogens with one attached hydrogen (secondary N) is 1. The Morgan fingerprint density at radius 1 is 1.44 bits per heavy atom. The van der Waals surface area contributed by atoms with Crippen molar-refractivity contribution in [2.45, 2.75) is 25.8 Å². The summed E-state index contributed by atoms with van der Waals surface area (Å²) in [4.78, 5) is 11.8. The lowest BCUT2D eigenvalue weighted by atomic mass is 10.0. The van der Waals surface area contributed by atoms with Gasteiger partial charge in [-0.25, -0.2) is 0 Å². The predicted molar refractivity (Wildman–Crippen MR) is 77.1 cm³/mol. The molecule has 1 aromatic carbocycles. The van der Waals surface area contributed by atoms with Crippen molar-refractivity contribution < 1.29 is 9.53 Å². The standard InChI is InChI=1S/C14H20BrNO2/c1-11-5-3-4-6-12(11)7-8-14(17)16-13(9-15)10-18-2/h3-6,13H,7-10H2,1-2H3,(H,16,17). The van der Waals surface area contributed by atoms with Gasteiger partial charge in [0.05, 0.1) is 12.6 Å². The number of hydrogen-bond acceptors (Lipinski definition) is 2. The molecule has 0 aliphatic heterocycles. The summed E-state index contributed by atoms with van der Waals surface area (Å²) in [5, 5.41) is 3.65. The fourth-order valence-electron chi connectivity index (χ4n) is 1.76. The average molecular weight is 314 g/mol. The van der Waals surface area contributed by atoms with E-state index in [1.165, 1.54) is 11.1 Å². The topological polar surface area (TPSA) is 38.3 Å². The molecule has 0 spiro atoms. The van der Waals surface area contributed by atoms with Gasteiger partial charge in [-0.1, -0.05) is 40.2 Å². The Hall–Kier alpha value is -0.870. The van der Waals surface area contributed by atoms with Gasteiger partial charge in [0, 0.05) is 18.9 Å². The number of alkyl halides is 1. The molecule has 1 rings (SSSR count). The molecule has 0 heterocycles. The first-order valence-corrected chi connectivity index (χ1v) is 7.18. The Bertz CT molecular complexity index is 382. The van der Waals surface area contributed by atoms with Crippen molar-refractivity contribution >= 4 is 21.8 Å². The van der Waals surface area contributed by atoms with E-state index in [9.17, 15) is 4.79 Å². The van der Waals surface area contributed by atoms with Crippen LogP contribution in [0.3, 0.4) is 0 Å². The van der Waals surface area contributed by atoms with E-state index in [4.69, 9.17) is 4.74 Å². The zero-order valence-corrected chi connectivity index (χ0v) is 12.5. The zero-order chi connectivity index (χ0) is 13.4. The lowest BCUT2D eigenvalue weighted by Gasteiger charge is -2.15. The summed E-state index contributed by atoms with van der Waals surface area (Å²) < 4.78 is 5.03. The van der Waals surface area contributed by atoms with Crippen LogP contribution in [0.25, 0.3) is 0 Å². The Balaban J connectivity index is 2.39. The summed E-state index contributed by atoms with van der Waals surface area (Å²) in [6.07, 6.45) is 1.29. The molecule has 3 nitrogen and oxygen atoms in total. The molecule has 18 heavy (non-hydrogen) atoms. The van der Waals surface area contributed by atoms with E-state index in [2.05, 4.69) is 40.3 Å². The molecule has 0 aliphatic carbocycles. The van der Waals surface area contributed by atoms with Crippen molar-refractivity contribution in [3.05, 3.63) is 35.4 Å². The largest absolute Gasteiger partial charge is 0.383 e. The molecule has 1 atom stereocenters. The SMILES string of the molecule is COCC(CBr)NC(=O)CCc1ccccc1C. The number of methoxy groups -OCH3 is 1. The van der Waals surface area contributed by atoms with Gasteiger partial charge < -0.3 is 10.1 Å². The van der Waals surface area contributed by atoms with Crippen molar-refractivity contribution in [3.63, 3.8) is 0 Å². The maximum absolute atomic E-state index is 11.8. The van der Waals surface area contributed by atoms with Crippen LogP contribution < -0.4 is 5.32 Å². The lowest BCUT2D eigenvalue weighted by Crippen LogP contribution is -2.39. The molecule has 0 radical (unpaired) electrons. The van der Waals surface area contributed by atoms with Crippen LogP contribution in [0, 0.1) is 6.92 Å². The van der Waals surface area contributed by atoms with Crippen molar-refractivity contribution in [2.24, 2.45) is 0 Å². The molecule has 4 heteroatoms. The van der Waals surface area contributed by atoms with E-state index >= 15 is 0 Å². The molecule has 0 aromatic heterocycles. The summed E-state index contributed by atoms with van der Waals surface area (Å²) >= 11 is 3.36. The number of amides is 1. The maximum Gasteiger partial charge on any atom is 0.220 e. The van der Waals surface area contributed by atoms with E-state index < -0.39 is 0 Å². The van der Waals surface area contributed by atoms with Gasteiger partial charge in [-0.05, 0) is 24.5 Å². The smallest absolute Gasteiger partial charge is 0.220 e. The van der Waals surface area contributed by atoms with E-state index in [0.717, 1.165) is 6.42 Å². The van der Waals surface area contributed by atoms with Crippen LogP contribution in [0.1, 0.15) is 17.5 Å². The van der Waals surface area contributed by atoms with E-state index in [-0.39, 0.29) is 11.9 Å². The first-order chi connectivity index (χ1) is 8.67. The van der Waals surface area contributed by atoms with Crippen molar-refractivity contribution in [1.29, 1.82) is 0 Å². The zero-order valence-electron chi connectivity index (χ0n) is 10.9. The highest BCUT2D eigenvalue weighted by Crippen LogP contribution is 2.09. The van der Waals surface area contributed by atoms with Crippen LogP contribution in [-0.2, 0) is 16.0 Å². The molecule has 0 saturated heterocycles. The summed E-state index contributed by atoms with van der Waals surface area (Å²) in [5.41, 5.74) is 2.47. The Labute approximate surface area is 117 Å². The molecule has 0 bridgehead atoms. The Kier molecular flexibility index (Phi) is 6.98. The second-order valence-corrected chi connectivity index (χ2v) is 4.95. The number of benzene rings is 1. The van der Waals surface area contributed by atoms with Gasteiger partial charge in [0.1, 0.15) is 0 Å². The number of ether oxygens (including phenoxy) is 1.